The average Bonchev–Trinajstić information content (AvgIpc) is 2.95. The Morgan fingerprint density at radius 1 is 1.48 bits per heavy atom. The van der Waals surface area contributed by atoms with Crippen molar-refractivity contribution in [1.29, 1.82) is 5.26 Å². The minimum atomic E-state index is -0.352. The van der Waals surface area contributed by atoms with Crippen molar-refractivity contribution < 1.29 is 4.79 Å². The lowest BCUT2D eigenvalue weighted by molar-refractivity contribution is -0.131. The van der Waals surface area contributed by atoms with E-state index in [1.807, 2.05) is 30.3 Å². The number of nitrogens with zero attached hydrogens (tertiary/aromatic N) is 2. The van der Waals surface area contributed by atoms with E-state index in [4.69, 9.17) is 16.7 Å². The molecular formula is C16H20N4O. The molecule has 21 heavy (non-hydrogen) atoms. The van der Waals surface area contributed by atoms with E-state index in [1.165, 1.54) is 0 Å². The molecule has 1 unspecified atom stereocenters. The van der Waals surface area contributed by atoms with Crippen LogP contribution in [0.3, 0.4) is 0 Å². The van der Waals surface area contributed by atoms with Gasteiger partial charge < -0.3 is 16.4 Å². The summed E-state index contributed by atoms with van der Waals surface area (Å²) in [4.78, 5) is 13.8. The molecule has 0 radical (unpaired) electrons. The van der Waals surface area contributed by atoms with Crippen LogP contribution in [0.4, 0.5) is 5.69 Å². The van der Waals surface area contributed by atoms with Crippen LogP contribution in [-0.4, -0.2) is 29.4 Å². The SMILES string of the molecule is N#C[C@@H]1CCCN1C(=O)CC(N)/C=C/c1ccc(N)cc1. The highest BCUT2D eigenvalue weighted by Crippen LogP contribution is 2.18. The van der Waals surface area contributed by atoms with Crippen molar-refractivity contribution in [2.75, 3.05) is 12.3 Å². The maximum absolute atomic E-state index is 12.1. The van der Waals surface area contributed by atoms with Crippen LogP contribution in [-0.2, 0) is 4.79 Å². The van der Waals surface area contributed by atoms with E-state index >= 15 is 0 Å². The number of nitriles is 1. The van der Waals surface area contributed by atoms with Crippen molar-refractivity contribution in [2.45, 2.75) is 31.3 Å². The molecule has 5 nitrogen and oxygen atoms in total. The van der Waals surface area contributed by atoms with Crippen LogP contribution in [0.5, 0.6) is 0 Å². The van der Waals surface area contributed by atoms with Gasteiger partial charge in [-0.15, -0.1) is 0 Å². The number of rotatable bonds is 4. The second kappa shape index (κ2) is 6.91. The smallest absolute Gasteiger partial charge is 0.225 e. The van der Waals surface area contributed by atoms with Crippen molar-refractivity contribution in [1.82, 2.24) is 4.90 Å². The fourth-order valence-corrected chi connectivity index (χ4v) is 2.43. The third kappa shape index (κ3) is 4.07. The molecule has 1 amide bonds. The maximum atomic E-state index is 12.1. The molecule has 1 aromatic rings. The zero-order valence-corrected chi connectivity index (χ0v) is 11.9. The number of likely N-dealkylation sites (tertiary alicyclic amines) is 1. The van der Waals surface area contributed by atoms with Crippen molar-refractivity contribution in [3.05, 3.63) is 35.9 Å². The molecule has 1 aliphatic heterocycles. The fraction of sp³-hybridized carbons (Fsp3) is 0.375. The average molecular weight is 284 g/mol. The van der Waals surface area contributed by atoms with E-state index in [2.05, 4.69) is 6.07 Å². The lowest BCUT2D eigenvalue weighted by Crippen LogP contribution is -2.37. The second-order valence-corrected chi connectivity index (χ2v) is 5.27. The molecular weight excluding hydrogens is 264 g/mol. The van der Waals surface area contributed by atoms with E-state index < -0.39 is 0 Å². The summed E-state index contributed by atoms with van der Waals surface area (Å²) in [5.41, 5.74) is 13.3. The molecule has 0 bridgehead atoms. The first kappa shape index (κ1) is 15.1. The van der Waals surface area contributed by atoms with E-state index in [1.54, 1.807) is 11.0 Å². The van der Waals surface area contributed by atoms with E-state index in [0.29, 0.717) is 12.2 Å². The highest BCUT2D eigenvalue weighted by molar-refractivity contribution is 5.78. The highest BCUT2D eigenvalue weighted by atomic mass is 16.2. The van der Waals surface area contributed by atoms with E-state index in [-0.39, 0.29) is 24.4 Å². The Hall–Kier alpha value is -2.32. The number of amides is 1. The van der Waals surface area contributed by atoms with Gasteiger partial charge in [-0.05, 0) is 30.5 Å². The van der Waals surface area contributed by atoms with Gasteiger partial charge in [-0.3, -0.25) is 4.79 Å². The summed E-state index contributed by atoms with van der Waals surface area (Å²) in [5.74, 6) is -0.0477. The van der Waals surface area contributed by atoms with Crippen LogP contribution in [0.15, 0.2) is 30.3 Å². The number of nitrogen functional groups attached to an aromatic ring is 1. The number of hydrogen-bond acceptors (Lipinski definition) is 4. The van der Waals surface area contributed by atoms with Gasteiger partial charge in [-0.1, -0.05) is 24.3 Å². The van der Waals surface area contributed by atoms with Crippen molar-refractivity contribution in [3.63, 3.8) is 0 Å². The first-order valence-corrected chi connectivity index (χ1v) is 7.08. The maximum Gasteiger partial charge on any atom is 0.225 e. The Labute approximate surface area is 124 Å². The van der Waals surface area contributed by atoms with Crippen LogP contribution in [0, 0.1) is 11.3 Å². The summed E-state index contributed by atoms with van der Waals surface area (Å²) in [7, 11) is 0. The number of carbonyl (C=O) groups excluding carboxylic acids is 1. The topological polar surface area (TPSA) is 96.1 Å². The number of benzene rings is 1. The van der Waals surface area contributed by atoms with Crippen LogP contribution in [0.1, 0.15) is 24.8 Å². The van der Waals surface area contributed by atoms with Crippen LogP contribution in [0.2, 0.25) is 0 Å². The molecule has 0 saturated carbocycles. The standard InChI is InChI=1S/C16H20N4O/c17-11-15-2-1-9-20(15)16(21)10-14(19)8-5-12-3-6-13(18)7-4-12/h3-8,14-15H,1-2,9-10,18-19H2/b8-5+/t14?,15-/m0/s1. The van der Waals surface area contributed by atoms with Gasteiger partial charge in [0.25, 0.3) is 0 Å². The zero-order valence-electron chi connectivity index (χ0n) is 11.9. The molecule has 1 fully saturated rings. The molecule has 0 aliphatic carbocycles. The van der Waals surface area contributed by atoms with Gasteiger partial charge in [0.1, 0.15) is 6.04 Å². The third-order valence-electron chi connectivity index (χ3n) is 3.60. The second-order valence-electron chi connectivity index (χ2n) is 5.27. The number of nitrogens with two attached hydrogens (primary N) is 2. The van der Waals surface area contributed by atoms with Crippen molar-refractivity contribution in [2.24, 2.45) is 5.73 Å². The van der Waals surface area contributed by atoms with Gasteiger partial charge in [0, 0.05) is 24.7 Å². The van der Waals surface area contributed by atoms with Crippen molar-refractivity contribution in [3.8, 4) is 6.07 Å². The molecule has 1 saturated heterocycles. The summed E-state index contributed by atoms with van der Waals surface area (Å²) in [6, 6.07) is 8.95. The van der Waals surface area contributed by atoms with Gasteiger partial charge in [-0.25, -0.2) is 0 Å². The summed E-state index contributed by atoms with van der Waals surface area (Å²) >= 11 is 0. The number of hydrogen-bond donors (Lipinski definition) is 2. The summed E-state index contributed by atoms with van der Waals surface area (Å²) < 4.78 is 0. The van der Waals surface area contributed by atoms with Gasteiger partial charge in [-0.2, -0.15) is 5.26 Å². The minimum absolute atomic E-state index is 0.0477. The predicted octanol–water partition coefficient (Wildman–Crippen LogP) is 1.51. The normalized spacial score (nSPS) is 19.6. The summed E-state index contributed by atoms with van der Waals surface area (Å²) in [6.45, 7) is 0.658. The van der Waals surface area contributed by atoms with E-state index in [9.17, 15) is 4.79 Å². The monoisotopic (exact) mass is 284 g/mol. The summed E-state index contributed by atoms with van der Waals surface area (Å²) in [5, 5.41) is 8.99. The van der Waals surface area contributed by atoms with Gasteiger partial charge >= 0.3 is 0 Å². The molecule has 2 atom stereocenters. The molecule has 0 aromatic heterocycles. The van der Waals surface area contributed by atoms with Gasteiger partial charge in [0.15, 0.2) is 0 Å². The molecule has 2 rings (SSSR count). The molecule has 110 valence electrons. The van der Waals surface area contributed by atoms with Crippen LogP contribution < -0.4 is 11.5 Å². The fourth-order valence-electron chi connectivity index (χ4n) is 2.43. The quantitative estimate of drug-likeness (QED) is 0.819. The molecule has 4 N–H and O–H groups in total. The summed E-state index contributed by atoms with van der Waals surface area (Å²) in [6.07, 6.45) is 5.56. The number of carbonyl (C=O) groups is 1. The van der Waals surface area contributed by atoms with Crippen molar-refractivity contribution >= 4 is 17.7 Å². The van der Waals surface area contributed by atoms with Crippen LogP contribution in [0.25, 0.3) is 6.08 Å². The number of anilines is 1. The minimum Gasteiger partial charge on any atom is -0.399 e. The molecule has 5 heteroatoms. The van der Waals surface area contributed by atoms with E-state index in [0.717, 1.165) is 18.4 Å². The Morgan fingerprint density at radius 2 is 2.19 bits per heavy atom. The highest BCUT2D eigenvalue weighted by Gasteiger charge is 2.28. The Bertz CT molecular complexity index is 559. The Balaban J connectivity index is 1.89. The lowest BCUT2D eigenvalue weighted by atomic mass is 10.1. The first-order chi connectivity index (χ1) is 10.1. The largest absolute Gasteiger partial charge is 0.399 e. The molecule has 0 spiro atoms. The lowest BCUT2D eigenvalue weighted by Gasteiger charge is -2.20. The Morgan fingerprint density at radius 3 is 2.86 bits per heavy atom. The zero-order chi connectivity index (χ0) is 15.2. The first-order valence-electron chi connectivity index (χ1n) is 7.08. The molecule has 1 heterocycles. The van der Waals surface area contributed by atoms with Gasteiger partial charge in [0.05, 0.1) is 6.07 Å². The Kier molecular flexibility index (Phi) is 4.96. The predicted molar refractivity (Wildman–Crippen MR) is 82.8 cm³/mol. The molecule has 1 aliphatic rings. The third-order valence-corrected chi connectivity index (χ3v) is 3.60. The van der Waals surface area contributed by atoms with Crippen LogP contribution >= 0.6 is 0 Å². The van der Waals surface area contributed by atoms with Gasteiger partial charge in [0.2, 0.25) is 5.91 Å². The molecule has 1 aromatic carbocycles.